The van der Waals surface area contributed by atoms with E-state index in [1.807, 2.05) is 0 Å². The second-order valence-electron chi connectivity index (χ2n) is 4.86. The van der Waals surface area contributed by atoms with Gasteiger partial charge in [0.25, 0.3) is 0 Å². The summed E-state index contributed by atoms with van der Waals surface area (Å²) < 4.78 is 1.21. The molecule has 1 aromatic rings. The fourth-order valence-corrected chi connectivity index (χ4v) is 3.03. The van der Waals surface area contributed by atoms with Crippen LogP contribution in [0.4, 0.5) is 0 Å². The first-order valence-electron chi connectivity index (χ1n) is 6.13. The third-order valence-corrected chi connectivity index (χ3v) is 4.79. The summed E-state index contributed by atoms with van der Waals surface area (Å²) in [6.07, 6.45) is 6.61. The molecule has 1 aromatic carbocycles. The maximum Gasteiger partial charge on any atom is 0.0432 e. The van der Waals surface area contributed by atoms with Crippen LogP contribution >= 0.6 is 15.9 Å². The Balaban J connectivity index is 2.35. The molecule has 0 unspecified atom stereocenters. The zero-order chi connectivity index (χ0) is 11.6. The van der Waals surface area contributed by atoms with Crippen molar-refractivity contribution in [2.75, 3.05) is 7.05 Å². The molecule has 1 aliphatic carbocycles. The monoisotopic (exact) mass is 281 g/mol. The lowest BCUT2D eigenvalue weighted by Gasteiger charge is -2.38. The highest BCUT2D eigenvalue weighted by Crippen LogP contribution is 2.37. The van der Waals surface area contributed by atoms with E-state index in [-0.39, 0.29) is 5.54 Å². The van der Waals surface area contributed by atoms with E-state index in [0.29, 0.717) is 0 Å². The third-order valence-electron chi connectivity index (χ3n) is 3.90. The molecule has 0 heterocycles. The van der Waals surface area contributed by atoms with Crippen molar-refractivity contribution < 1.29 is 0 Å². The van der Waals surface area contributed by atoms with Crippen molar-refractivity contribution in [2.24, 2.45) is 0 Å². The molecule has 1 nitrogen and oxygen atoms in total. The smallest absolute Gasteiger partial charge is 0.0432 e. The topological polar surface area (TPSA) is 12.0 Å². The number of nitrogens with one attached hydrogen (secondary N) is 1. The minimum Gasteiger partial charge on any atom is -0.310 e. The molecule has 0 aromatic heterocycles. The van der Waals surface area contributed by atoms with Crippen molar-refractivity contribution in [1.82, 2.24) is 5.32 Å². The fraction of sp³-hybridized carbons (Fsp3) is 0.571. The van der Waals surface area contributed by atoms with Crippen LogP contribution < -0.4 is 5.32 Å². The van der Waals surface area contributed by atoms with Gasteiger partial charge < -0.3 is 5.32 Å². The molecule has 1 saturated carbocycles. The van der Waals surface area contributed by atoms with E-state index < -0.39 is 0 Å². The predicted molar refractivity (Wildman–Crippen MR) is 72.7 cm³/mol. The van der Waals surface area contributed by atoms with Gasteiger partial charge in [0.05, 0.1) is 0 Å². The van der Waals surface area contributed by atoms with Gasteiger partial charge in [-0.2, -0.15) is 0 Å². The van der Waals surface area contributed by atoms with Crippen LogP contribution in [0.2, 0.25) is 0 Å². The summed E-state index contributed by atoms with van der Waals surface area (Å²) in [4.78, 5) is 0. The number of benzene rings is 1. The lowest BCUT2D eigenvalue weighted by atomic mass is 9.76. The molecular weight excluding hydrogens is 262 g/mol. The van der Waals surface area contributed by atoms with E-state index in [4.69, 9.17) is 0 Å². The van der Waals surface area contributed by atoms with Crippen molar-refractivity contribution >= 4 is 15.9 Å². The quantitative estimate of drug-likeness (QED) is 0.859. The Morgan fingerprint density at radius 1 is 1.19 bits per heavy atom. The largest absolute Gasteiger partial charge is 0.310 e. The van der Waals surface area contributed by atoms with Gasteiger partial charge >= 0.3 is 0 Å². The summed E-state index contributed by atoms with van der Waals surface area (Å²) in [5.41, 5.74) is 3.01. The van der Waals surface area contributed by atoms with Crippen LogP contribution in [0.15, 0.2) is 22.7 Å². The molecule has 2 heteroatoms. The predicted octanol–water partition coefficient (Wildman–Crippen LogP) is 4.14. The van der Waals surface area contributed by atoms with E-state index in [1.165, 1.54) is 47.7 Å². The van der Waals surface area contributed by atoms with Crippen molar-refractivity contribution in [2.45, 2.75) is 44.6 Å². The highest BCUT2D eigenvalue weighted by Gasteiger charge is 2.32. The molecule has 1 fully saturated rings. The third kappa shape index (κ3) is 2.18. The summed E-state index contributed by atoms with van der Waals surface area (Å²) in [5.74, 6) is 0. The fourth-order valence-electron chi connectivity index (χ4n) is 2.78. The van der Waals surface area contributed by atoms with Crippen molar-refractivity contribution in [1.29, 1.82) is 0 Å². The van der Waals surface area contributed by atoms with Gasteiger partial charge in [0, 0.05) is 10.0 Å². The van der Waals surface area contributed by atoms with E-state index in [0.717, 1.165) is 0 Å². The lowest BCUT2D eigenvalue weighted by molar-refractivity contribution is 0.250. The molecule has 16 heavy (non-hydrogen) atoms. The second kappa shape index (κ2) is 4.89. The Bertz CT molecular complexity index is 367. The molecule has 0 bridgehead atoms. The molecule has 0 spiro atoms. The molecule has 0 amide bonds. The molecule has 1 N–H and O–H groups in total. The number of rotatable bonds is 2. The van der Waals surface area contributed by atoms with Crippen LogP contribution in [0, 0.1) is 6.92 Å². The summed E-state index contributed by atoms with van der Waals surface area (Å²) in [6.45, 7) is 2.17. The molecule has 0 radical (unpaired) electrons. The lowest BCUT2D eigenvalue weighted by Crippen LogP contribution is -2.41. The van der Waals surface area contributed by atoms with Gasteiger partial charge in [-0.1, -0.05) is 47.3 Å². The van der Waals surface area contributed by atoms with E-state index in [9.17, 15) is 0 Å². The molecular formula is C14H20BrN. The molecule has 88 valence electrons. The van der Waals surface area contributed by atoms with Crippen molar-refractivity contribution in [3.05, 3.63) is 33.8 Å². The maximum absolute atomic E-state index is 3.57. The number of aryl methyl sites for hydroxylation is 1. The van der Waals surface area contributed by atoms with E-state index in [2.05, 4.69) is 53.4 Å². The summed E-state index contributed by atoms with van der Waals surface area (Å²) in [6, 6.07) is 6.77. The average molecular weight is 282 g/mol. The Labute approximate surface area is 107 Å². The first kappa shape index (κ1) is 12.1. The first-order chi connectivity index (χ1) is 7.68. The zero-order valence-corrected chi connectivity index (χ0v) is 11.7. The number of hydrogen-bond acceptors (Lipinski definition) is 1. The SMILES string of the molecule is CNC1(c2ccc(Br)c(C)c2)CCCCC1. The molecule has 0 saturated heterocycles. The molecule has 0 atom stereocenters. The van der Waals surface area contributed by atoms with E-state index in [1.54, 1.807) is 0 Å². The van der Waals surface area contributed by atoms with Crippen LogP contribution in [0.1, 0.15) is 43.2 Å². The Morgan fingerprint density at radius 2 is 1.88 bits per heavy atom. The molecule has 2 rings (SSSR count). The van der Waals surface area contributed by atoms with Gasteiger partial charge in [0.15, 0.2) is 0 Å². The minimum atomic E-state index is 0.226. The van der Waals surface area contributed by atoms with Crippen molar-refractivity contribution in [3.63, 3.8) is 0 Å². The Morgan fingerprint density at radius 3 is 2.44 bits per heavy atom. The van der Waals surface area contributed by atoms with Crippen LogP contribution in [0.5, 0.6) is 0 Å². The van der Waals surface area contributed by atoms with Crippen LogP contribution in [0.3, 0.4) is 0 Å². The number of halogens is 1. The average Bonchev–Trinajstić information content (AvgIpc) is 2.33. The highest BCUT2D eigenvalue weighted by atomic mass is 79.9. The first-order valence-corrected chi connectivity index (χ1v) is 6.93. The van der Waals surface area contributed by atoms with Crippen molar-refractivity contribution in [3.8, 4) is 0 Å². The summed E-state index contributed by atoms with van der Waals surface area (Å²) in [5, 5.41) is 3.57. The minimum absolute atomic E-state index is 0.226. The van der Waals surface area contributed by atoms with Gasteiger partial charge in [-0.3, -0.25) is 0 Å². The van der Waals surface area contributed by atoms with Gasteiger partial charge in [-0.15, -0.1) is 0 Å². The van der Waals surface area contributed by atoms with Crippen LogP contribution in [-0.4, -0.2) is 7.05 Å². The maximum atomic E-state index is 3.57. The van der Waals surface area contributed by atoms with Gasteiger partial charge in [0.2, 0.25) is 0 Å². The summed E-state index contributed by atoms with van der Waals surface area (Å²) in [7, 11) is 2.10. The van der Waals surface area contributed by atoms with Crippen LogP contribution in [0.25, 0.3) is 0 Å². The Hall–Kier alpha value is -0.340. The summed E-state index contributed by atoms with van der Waals surface area (Å²) >= 11 is 3.57. The van der Waals surface area contributed by atoms with Gasteiger partial charge in [-0.25, -0.2) is 0 Å². The van der Waals surface area contributed by atoms with Gasteiger partial charge in [-0.05, 0) is 44.0 Å². The second-order valence-corrected chi connectivity index (χ2v) is 5.71. The molecule has 1 aliphatic rings. The highest BCUT2D eigenvalue weighted by molar-refractivity contribution is 9.10. The zero-order valence-electron chi connectivity index (χ0n) is 10.1. The Kier molecular flexibility index (Phi) is 3.70. The van der Waals surface area contributed by atoms with E-state index >= 15 is 0 Å². The van der Waals surface area contributed by atoms with Crippen LogP contribution in [-0.2, 0) is 5.54 Å². The normalized spacial score (nSPS) is 19.7. The standard InChI is InChI=1S/C14H20BrN/c1-11-10-12(6-7-13(11)15)14(16-2)8-4-3-5-9-14/h6-7,10,16H,3-5,8-9H2,1-2H3. The molecule has 0 aliphatic heterocycles. The number of hydrogen-bond donors (Lipinski definition) is 1. The van der Waals surface area contributed by atoms with Gasteiger partial charge in [0.1, 0.15) is 0 Å².